The smallest absolute Gasteiger partial charge is 0.0637 e. The molecule has 1 fully saturated rings. The second-order valence-electron chi connectivity index (χ2n) is 3.83. The van der Waals surface area contributed by atoms with Crippen LogP contribution in [0.1, 0.15) is 12.0 Å². The number of hydrogen-bond donors (Lipinski definition) is 0. The van der Waals surface area contributed by atoms with Crippen LogP contribution >= 0.6 is 39.1 Å². The van der Waals surface area contributed by atoms with Crippen LogP contribution in [0.25, 0.3) is 0 Å². The average Bonchev–Trinajstić information content (AvgIpc) is 2.59. The van der Waals surface area contributed by atoms with Crippen LogP contribution in [0.4, 0.5) is 0 Å². The second-order valence-corrected chi connectivity index (χ2v) is 5.91. The Bertz CT molecular complexity index is 356. The summed E-state index contributed by atoms with van der Waals surface area (Å²) in [6, 6.07) is 5.81. The van der Waals surface area contributed by atoms with E-state index in [1.807, 2.05) is 18.2 Å². The molecule has 1 saturated heterocycles. The van der Waals surface area contributed by atoms with Gasteiger partial charge in [-0.2, -0.15) is 0 Å². The van der Waals surface area contributed by atoms with Crippen molar-refractivity contribution in [2.24, 2.45) is 0 Å². The van der Waals surface area contributed by atoms with Crippen LogP contribution < -0.4 is 0 Å². The molecule has 1 nitrogen and oxygen atoms in total. The number of nitrogens with zero attached hydrogens (tertiary/aromatic N) is 1. The van der Waals surface area contributed by atoms with Gasteiger partial charge in [0.15, 0.2) is 0 Å². The maximum absolute atomic E-state index is 6.14. The van der Waals surface area contributed by atoms with Crippen LogP contribution in [0.3, 0.4) is 0 Å². The summed E-state index contributed by atoms with van der Waals surface area (Å²) in [4.78, 5) is 3.01. The topological polar surface area (TPSA) is 3.24 Å². The Morgan fingerprint density at radius 1 is 1.40 bits per heavy atom. The summed E-state index contributed by atoms with van der Waals surface area (Å²) in [5.41, 5.74) is 1.12. The van der Waals surface area contributed by atoms with Gasteiger partial charge in [-0.25, -0.2) is 0 Å². The lowest BCUT2D eigenvalue weighted by molar-refractivity contribution is 0.333. The van der Waals surface area contributed by atoms with E-state index in [-0.39, 0.29) is 0 Å². The van der Waals surface area contributed by atoms with Crippen LogP contribution in [0.15, 0.2) is 18.2 Å². The highest BCUT2D eigenvalue weighted by Gasteiger charge is 2.20. The third kappa shape index (κ3) is 2.88. The molecular formula is C11H12BrCl2N. The molecule has 1 aliphatic heterocycles. The predicted molar refractivity (Wildman–Crippen MR) is 69.1 cm³/mol. The van der Waals surface area contributed by atoms with Crippen molar-refractivity contribution < 1.29 is 0 Å². The maximum Gasteiger partial charge on any atom is 0.0637 e. The molecule has 0 spiro atoms. The summed E-state index contributed by atoms with van der Waals surface area (Å²) in [6.45, 7) is 3.10. The van der Waals surface area contributed by atoms with Crippen molar-refractivity contribution in [2.45, 2.75) is 17.8 Å². The van der Waals surface area contributed by atoms with E-state index in [0.717, 1.165) is 25.2 Å². The Morgan fingerprint density at radius 3 is 2.87 bits per heavy atom. The highest BCUT2D eigenvalue weighted by molar-refractivity contribution is 9.09. The molecular weight excluding hydrogens is 297 g/mol. The summed E-state index contributed by atoms with van der Waals surface area (Å²) in [7, 11) is 0. The zero-order chi connectivity index (χ0) is 10.8. The van der Waals surface area contributed by atoms with Crippen molar-refractivity contribution in [3.8, 4) is 0 Å². The standard InChI is InChI=1S/C11H12BrCl2N/c12-9-4-5-15(7-9)6-8-2-1-3-10(13)11(8)14/h1-3,9H,4-7H2. The zero-order valence-corrected chi connectivity index (χ0v) is 11.3. The molecule has 0 saturated carbocycles. The van der Waals surface area contributed by atoms with E-state index in [4.69, 9.17) is 23.2 Å². The molecule has 0 bridgehead atoms. The van der Waals surface area contributed by atoms with Crippen LogP contribution in [0, 0.1) is 0 Å². The molecule has 0 amide bonds. The van der Waals surface area contributed by atoms with E-state index in [9.17, 15) is 0 Å². The van der Waals surface area contributed by atoms with Crippen molar-refractivity contribution in [2.75, 3.05) is 13.1 Å². The molecule has 0 radical (unpaired) electrons. The highest BCUT2D eigenvalue weighted by Crippen LogP contribution is 2.28. The van der Waals surface area contributed by atoms with Gasteiger partial charge in [-0.05, 0) is 24.6 Å². The van der Waals surface area contributed by atoms with Gasteiger partial charge in [0.05, 0.1) is 10.0 Å². The quantitative estimate of drug-likeness (QED) is 0.747. The number of hydrogen-bond acceptors (Lipinski definition) is 1. The molecule has 1 unspecified atom stereocenters. The van der Waals surface area contributed by atoms with Crippen molar-refractivity contribution in [1.82, 2.24) is 4.90 Å². The van der Waals surface area contributed by atoms with Gasteiger partial charge in [0.2, 0.25) is 0 Å². The molecule has 2 rings (SSSR count). The summed E-state index contributed by atoms with van der Waals surface area (Å²) in [5.74, 6) is 0. The monoisotopic (exact) mass is 307 g/mol. The first kappa shape index (κ1) is 11.7. The normalized spacial score (nSPS) is 22.2. The first-order valence-electron chi connectivity index (χ1n) is 4.96. The van der Waals surface area contributed by atoms with Gasteiger partial charge in [0.1, 0.15) is 0 Å². The third-order valence-corrected chi connectivity index (χ3v) is 4.25. The molecule has 0 aliphatic carbocycles. The predicted octanol–water partition coefficient (Wildman–Crippen LogP) is 3.96. The van der Waals surface area contributed by atoms with Crippen LogP contribution in [0.2, 0.25) is 10.0 Å². The first-order valence-corrected chi connectivity index (χ1v) is 6.63. The molecule has 0 aromatic heterocycles. The number of rotatable bonds is 2. The maximum atomic E-state index is 6.14. The lowest BCUT2D eigenvalue weighted by atomic mass is 10.2. The van der Waals surface area contributed by atoms with E-state index in [1.54, 1.807) is 0 Å². The van der Waals surface area contributed by atoms with Crippen LogP contribution in [-0.2, 0) is 6.54 Å². The number of likely N-dealkylation sites (tertiary alicyclic amines) is 1. The van der Waals surface area contributed by atoms with E-state index in [2.05, 4.69) is 20.8 Å². The van der Waals surface area contributed by atoms with E-state index >= 15 is 0 Å². The molecule has 82 valence electrons. The van der Waals surface area contributed by atoms with Gasteiger partial charge in [-0.3, -0.25) is 4.90 Å². The molecule has 1 heterocycles. The second kappa shape index (κ2) is 5.05. The van der Waals surface area contributed by atoms with Crippen LogP contribution in [-0.4, -0.2) is 22.8 Å². The van der Waals surface area contributed by atoms with Gasteiger partial charge in [-0.1, -0.05) is 51.3 Å². The Balaban J connectivity index is 2.07. The molecule has 1 aliphatic rings. The van der Waals surface area contributed by atoms with Gasteiger partial charge >= 0.3 is 0 Å². The summed E-state index contributed by atoms with van der Waals surface area (Å²) >= 11 is 15.7. The van der Waals surface area contributed by atoms with Gasteiger partial charge in [0, 0.05) is 17.9 Å². The highest BCUT2D eigenvalue weighted by atomic mass is 79.9. The SMILES string of the molecule is Clc1cccc(CN2CCC(Br)C2)c1Cl. The van der Waals surface area contributed by atoms with Gasteiger partial charge in [0.25, 0.3) is 0 Å². The minimum Gasteiger partial charge on any atom is -0.298 e. The summed E-state index contributed by atoms with van der Waals surface area (Å²) in [5, 5.41) is 1.33. The minimum absolute atomic E-state index is 0.621. The Labute approximate surface area is 108 Å². The first-order chi connectivity index (χ1) is 7.16. The Hall–Kier alpha value is 0.240. The molecule has 1 aromatic carbocycles. The van der Waals surface area contributed by atoms with E-state index < -0.39 is 0 Å². The Morgan fingerprint density at radius 2 is 2.20 bits per heavy atom. The van der Waals surface area contributed by atoms with Crippen molar-refractivity contribution in [3.63, 3.8) is 0 Å². The van der Waals surface area contributed by atoms with Gasteiger partial charge < -0.3 is 0 Å². The molecule has 15 heavy (non-hydrogen) atoms. The lowest BCUT2D eigenvalue weighted by Crippen LogP contribution is -2.20. The van der Waals surface area contributed by atoms with E-state index in [1.165, 1.54) is 6.42 Å². The van der Waals surface area contributed by atoms with Crippen molar-refractivity contribution in [1.29, 1.82) is 0 Å². The summed E-state index contributed by atoms with van der Waals surface area (Å²) in [6.07, 6.45) is 1.21. The van der Waals surface area contributed by atoms with Crippen molar-refractivity contribution in [3.05, 3.63) is 33.8 Å². The lowest BCUT2D eigenvalue weighted by Gasteiger charge is -2.16. The fourth-order valence-electron chi connectivity index (χ4n) is 1.84. The van der Waals surface area contributed by atoms with Crippen molar-refractivity contribution >= 4 is 39.1 Å². The molecule has 4 heteroatoms. The largest absolute Gasteiger partial charge is 0.298 e. The number of halogens is 3. The van der Waals surface area contributed by atoms with Crippen LogP contribution in [0.5, 0.6) is 0 Å². The zero-order valence-electron chi connectivity index (χ0n) is 8.22. The van der Waals surface area contributed by atoms with Gasteiger partial charge in [-0.15, -0.1) is 0 Å². The minimum atomic E-state index is 0.621. The number of benzene rings is 1. The fourth-order valence-corrected chi connectivity index (χ4v) is 2.83. The summed E-state index contributed by atoms with van der Waals surface area (Å²) < 4.78 is 0. The fraction of sp³-hybridized carbons (Fsp3) is 0.455. The molecule has 0 N–H and O–H groups in total. The van der Waals surface area contributed by atoms with E-state index in [0.29, 0.717) is 14.9 Å². The third-order valence-electron chi connectivity index (χ3n) is 2.64. The molecule has 1 atom stereocenters. The molecule has 1 aromatic rings. The Kier molecular flexibility index (Phi) is 3.94. The number of alkyl halides is 1. The average molecular weight is 309 g/mol.